The fourth-order valence-corrected chi connectivity index (χ4v) is 20.4. The zero-order valence-corrected chi connectivity index (χ0v) is 15.7. The highest BCUT2D eigenvalue weighted by atomic mass is 28.4. The molecule has 0 aliphatic heterocycles. The van der Waals surface area contributed by atoms with Gasteiger partial charge in [-0.2, -0.15) is 5.26 Å². The second-order valence-corrected chi connectivity index (χ2v) is 22.4. The van der Waals surface area contributed by atoms with Crippen molar-refractivity contribution in [1.82, 2.24) is 0 Å². The van der Waals surface area contributed by atoms with E-state index in [1.54, 1.807) is 0 Å². The fraction of sp³-hybridized carbons (Fsp3) is 0.923. The third-order valence-electron chi connectivity index (χ3n) is 2.45. The average molecular weight is 304 g/mol. The standard InChI is InChI=1S/C12H29NOSi3.CH4/c1-15(2,3)12-17(7,11-9-8-10-13)14-16(4,5)6;/h8-9,11-12H2,1-7H3;1H4. The first-order valence-corrected chi connectivity index (χ1v) is 16.5. The van der Waals surface area contributed by atoms with Crippen LogP contribution in [0, 0.1) is 11.3 Å². The van der Waals surface area contributed by atoms with Gasteiger partial charge >= 0.3 is 0 Å². The van der Waals surface area contributed by atoms with Crippen molar-refractivity contribution in [2.75, 3.05) is 0 Å². The molecule has 0 saturated carbocycles. The Morgan fingerprint density at radius 3 is 1.83 bits per heavy atom. The molecule has 0 rings (SSSR count). The second kappa shape index (κ2) is 7.63. The Kier molecular flexibility index (Phi) is 8.66. The van der Waals surface area contributed by atoms with Crippen molar-refractivity contribution in [2.45, 2.75) is 77.8 Å². The lowest BCUT2D eigenvalue weighted by atomic mass is 10.4. The highest BCUT2D eigenvalue weighted by Gasteiger charge is 2.37. The van der Waals surface area contributed by atoms with E-state index in [2.05, 4.69) is 51.9 Å². The zero-order chi connectivity index (χ0) is 13.7. The van der Waals surface area contributed by atoms with Crippen LogP contribution in [0.3, 0.4) is 0 Å². The van der Waals surface area contributed by atoms with E-state index in [1.165, 1.54) is 5.67 Å². The molecule has 0 N–H and O–H groups in total. The summed E-state index contributed by atoms with van der Waals surface area (Å²) >= 11 is 0. The fourth-order valence-electron chi connectivity index (χ4n) is 2.58. The first-order chi connectivity index (χ1) is 7.47. The molecular formula is C13H33NOSi3. The van der Waals surface area contributed by atoms with Crippen LogP contribution in [0.15, 0.2) is 0 Å². The number of hydrogen-bond donors (Lipinski definition) is 0. The van der Waals surface area contributed by atoms with E-state index in [-0.39, 0.29) is 7.43 Å². The van der Waals surface area contributed by atoms with Gasteiger partial charge in [-0.25, -0.2) is 0 Å². The van der Waals surface area contributed by atoms with Crippen molar-refractivity contribution in [3.63, 3.8) is 0 Å². The Morgan fingerprint density at radius 1 is 1.00 bits per heavy atom. The van der Waals surface area contributed by atoms with Crippen LogP contribution in [0.5, 0.6) is 0 Å². The van der Waals surface area contributed by atoms with Gasteiger partial charge in [0.15, 0.2) is 16.6 Å². The quantitative estimate of drug-likeness (QED) is 0.476. The van der Waals surface area contributed by atoms with Gasteiger partial charge in [0.2, 0.25) is 0 Å². The van der Waals surface area contributed by atoms with Crippen LogP contribution in [0.25, 0.3) is 0 Å². The third-order valence-corrected chi connectivity index (χ3v) is 15.5. The predicted molar refractivity (Wildman–Crippen MR) is 90.6 cm³/mol. The van der Waals surface area contributed by atoms with E-state index in [9.17, 15) is 0 Å². The minimum Gasteiger partial charge on any atom is -0.456 e. The molecule has 0 bridgehead atoms. The molecule has 18 heavy (non-hydrogen) atoms. The Morgan fingerprint density at radius 2 is 1.50 bits per heavy atom. The van der Waals surface area contributed by atoms with Crippen molar-refractivity contribution >= 4 is 24.7 Å². The molecule has 0 spiro atoms. The summed E-state index contributed by atoms with van der Waals surface area (Å²) in [5.41, 5.74) is 1.33. The molecule has 1 unspecified atom stereocenters. The molecule has 0 amide bonds. The molecule has 0 radical (unpaired) electrons. The van der Waals surface area contributed by atoms with E-state index in [4.69, 9.17) is 9.38 Å². The van der Waals surface area contributed by atoms with Crippen molar-refractivity contribution in [2.24, 2.45) is 0 Å². The molecule has 108 valence electrons. The lowest BCUT2D eigenvalue weighted by molar-refractivity contribution is 0.540. The molecular weight excluding hydrogens is 270 g/mol. The van der Waals surface area contributed by atoms with Gasteiger partial charge in [0.1, 0.15) is 0 Å². The smallest absolute Gasteiger partial charge is 0.173 e. The maximum atomic E-state index is 8.67. The van der Waals surface area contributed by atoms with Crippen LogP contribution >= 0.6 is 0 Å². The summed E-state index contributed by atoms with van der Waals surface area (Å²) in [4.78, 5) is 0. The Bertz CT molecular complexity index is 257. The SMILES string of the molecule is C.C[Si](C)(C)C[Si](C)(CCCC#N)O[Si](C)(C)C. The summed E-state index contributed by atoms with van der Waals surface area (Å²) in [6.07, 6.45) is 1.71. The Hall–Kier alpha value is 0.101. The molecule has 0 heterocycles. The zero-order valence-electron chi connectivity index (χ0n) is 12.7. The first-order valence-electron chi connectivity index (χ1n) is 6.55. The number of hydrogen-bond acceptors (Lipinski definition) is 2. The van der Waals surface area contributed by atoms with Gasteiger partial charge in [0, 0.05) is 14.5 Å². The van der Waals surface area contributed by atoms with Crippen molar-refractivity contribution in [3.8, 4) is 6.07 Å². The molecule has 2 nitrogen and oxygen atoms in total. The maximum absolute atomic E-state index is 8.67. The molecule has 0 aromatic rings. The lowest BCUT2D eigenvalue weighted by Crippen LogP contribution is -2.49. The van der Waals surface area contributed by atoms with Gasteiger partial charge in [0.25, 0.3) is 0 Å². The molecule has 0 aromatic carbocycles. The monoisotopic (exact) mass is 303 g/mol. The van der Waals surface area contributed by atoms with Crippen LogP contribution in [-0.2, 0) is 4.12 Å². The predicted octanol–water partition coefficient (Wildman–Crippen LogP) is 5.23. The van der Waals surface area contributed by atoms with Crippen molar-refractivity contribution in [1.29, 1.82) is 5.26 Å². The van der Waals surface area contributed by atoms with Crippen molar-refractivity contribution < 1.29 is 4.12 Å². The lowest BCUT2D eigenvalue weighted by Gasteiger charge is -2.38. The summed E-state index contributed by atoms with van der Waals surface area (Å²) in [6, 6.07) is 3.42. The maximum Gasteiger partial charge on any atom is 0.173 e. The van der Waals surface area contributed by atoms with E-state index >= 15 is 0 Å². The van der Waals surface area contributed by atoms with E-state index in [1.807, 2.05) is 0 Å². The normalized spacial score (nSPS) is 15.4. The number of rotatable bonds is 7. The molecule has 5 heteroatoms. The van der Waals surface area contributed by atoms with Crippen LogP contribution < -0.4 is 0 Å². The topological polar surface area (TPSA) is 33.0 Å². The molecule has 1 atom stereocenters. The second-order valence-electron chi connectivity index (χ2n) is 7.41. The van der Waals surface area contributed by atoms with Gasteiger partial charge in [0.05, 0.1) is 6.07 Å². The Balaban J connectivity index is 0. The van der Waals surface area contributed by atoms with Crippen LogP contribution in [0.4, 0.5) is 0 Å². The largest absolute Gasteiger partial charge is 0.456 e. The average Bonchev–Trinajstić information content (AvgIpc) is 1.96. The first kappa shape index (κ1) is 20.4. The van der Waals surface area contributed by atoms with E-state index < -0.39 is 24.7 Å². The third kappa shape index (κ3) is 11.2. The summed E-state index contributed by atoms with van der Waals surface area (Å²) in [5, 5.41) is 8.67. The molecule has 0 aromatic heterocycles. The molecule has 0 saturated heterocycles. The van der Waals surface area contributed by atoms with Gasteiger partial charge in [-0.3, -0.25) is 0 Å². The highest BCUT2D eigenvalue weighted by molar-refractivity contribution is 6.96. The highest BCUT2D eigenvalue weighted by Crippen LogP contribution is 2.29. The molecule has 0 aliphatic rings. The summed E-state index contributed by atoms with van der Waals surface area (Å²) in [7, 11) is -4.11. The molecule has 0 fully saturated rings. The van der Waals surface area contributed by atoms with Crippen LogP contribution in [0.1, 0.15) is 20.3 Å². The number of unbranched alkanes of at least 4 members (excludes halogenated alkanes) is 1. The number of nitrogens with zero attached hydrogens (tertiary/aromatic N) is 1. The van der Waals surface area contributed by atoms with Crippen molar-refractivity contribution in [3.05, 3.63) is 0 Å². The van der Waals surface area contributed by atoms with Gasteiger partial charge in [-0.1, -0.05) is 27.1 Å². The van der Waals surface area contributed by atoms with Gasteiger partial charge in [-0.05, 0) is 44.3 Å². The molecule has 0 aliphatic carbocycles. The minimum atomic E-state index is -1.59. The summed E-state index contributed by atoms with van der Waals surface area (Å²) in [6.45, 7) is 16.5. The number of nitriles is 1. The van der Waals surface area contributed by atoms with Crippen LogP contribution in [-0.4, -0.2) is 24.7 Å². The minimum absolute atomic E-state index is 0. The van der Waals surface area contributed by atoms with E-state index in [0.717, 1.165) is 12.5 Å². The van der Waals surface area contributed by atoms with E-state index in [0.29, 0.717) is 6.42 Å². The van der Waals surface area contributed by atoms with Crippen LogP contribution in [0.2, 0.25) is 57.5 Å². The summed E-state index contributed by atoms with van der Waals surface area (Å²) < 4.78 is 6.55. The Labute approximate surface area is 118 Å². The van der Waals surface area contributed by atoms with Gasteiger partial charge < -0.3 is 4.12 Å². The van der Waals surface area contributed by atoms with Gasteiger partial charge in [-0.15, -0.1) is 0 Å². The summed E-state index contributed by atoms with van der Waals surface area (Å²) in [5.74, 6) is 0.